The van der Waals surface area contributed by atoms with Crippen LogP contribution in [0.25, 0.3) is 0 Å². The van der Waals surface area contributed by atoms with Gasteiger partial charge in [-0.05, 0) is 36.5 Å². The molecule has 15 heavy (non-hydrogen) atoms. The molecule has 0 radical (unpaired) electrons. The molecule has 0 spiro atoms. The molecule has 1 unspecified atom stereocenters. The molecule has 2 N–H and O–H groups in total. The number of nitrogens with two attached hydrogens (primary N) is 1. The molecule has 2 nitrogen and oxygen atoms in total. The smallest absolute Gasteiger partial charge is 0.113 e. The van der Waals surface area contributed by atoms with E-state index in [1.165, 1.54) is 5.57 Å². The van der Waals surface area contributed by atoms with Crippen molar-refractivity contribution in [3.63, 3.8) is 0 Å². The molecule has 2 heteroatoms. The SMILES string of the molecule is CC1=CC=C(C2=CC(C)CC=C2N)CO1. The molecule has 2 aliphatic rings. The van der Waals surface area contributed by atoms with Crippen LogP contribution in [0.5, 0.6) is 0 Å². The van der Waals surface area contributed by atoms with E-state index in [0.29, 0.717) is 12.5 Å². The van der Waals surface area contributed by atoms with Gasteiger partial charge in [-0.25, -0.2) is 0 Å². The van der Waals surface area contributed by atoms with E-state index in [0.717, 1.165) is 23.5 Å². The van der Waals surface area contributed by atoms with E-state index in [-0.39, 0.29) is 0 Å². The molecule has 1 heterocycles. The Morgan fingerprint density at radius 2 is 2.20 bits per heavy atom. The maximum Gasteiger partial charge on any atom is 0.113 e. The van der Waals surface area contributed by atoms with Crippen molar-refractivity contribution >= 4 is 0 Å². The Kier molecular flexibility index (Phi) is 2.67. The minimum absolute atomic E-state index is 0.570. The van der Waals surface area contributed by atoms with Crippen LogP contribution in [0, 0.1) is 5.92 Å². The van der Waals surface area contributed by atoms with Gasteiger partial charge in [0.1, 0.15) is 6.61 Å². The van der Waals surface area contributed by atoms with Crippen molar-refractivity contribution in [1.29, 1.82) is 0 Å². The molecule has 0 aromatic heterocycles. The molecule has 0 bridgehead atoms. The highest BCUT2D eigenvalue weighted by molar-refractivity contribution is 5.49. The van der Waals surface area contributed by atoms with Crippen LogP contribution < -0.4 is 5.73 Å². The lowest BCUT2D eigenvalue weighted by Gasteiger charge is -2.21. The zero-order valence-corrected chi connectivity index (χ0v) is 9.29. The third-order valence-electron chi connectivity index (χ3n) is 2.79. The van der Waals surface area contributed by atoms with Crippen LogP contribution in [0.2, 0.25) is 0 Å². The Morgan fingerprint density at radius 1 is 1.40 bits per heavy atom. The fourth-order valence-electron chi connectivity index (χ4n) is 1.84. The number of rotatable bonds is 1. The first-order valence-electron chi connectivity index (χ1n) is 5.35. The van der Waals surface area contributed by atoms with Crippen LogP contribution in [0.1, 0.15) is 20.3 Å². The zero-order valence-electron chi connectivity index (χ0n) is 9.29. The van der Waals surface area contributed by atoms with Gasteiger partial charge in [0.05, 0.1) is 5.76 Å². The fourth-order valence-corrected chi connectivity index (χ4v) is 1.84. The van der Waals surface area contributed by atoms with Crippen molar-refractivity contribution in [3.8, 4) is 0 Å². The molecule has 1 aliphatic heterocycles. The standard InChI is InChI=1S/C13H17NO/c1-9-3-6-13(14)12(7-9)11-5-4-10(2)15-8-11/h4-7,9H,3,8,14H2,1-2H3. The summed E-state index contributed by atoms with van der Waals surface area (Å²) in [6.07, 6.45) is 9.47. The fraction of sp³-hybridized carbons (Fsp3) is 0.385. The van der Waals surface area contributed by atoms with Crippen molar-refractivity contribution < 1.29 is 4.74 Å². The lowest BCUT2D eigenvalue weighted by molar-refractivity contribution is 0.238. The summed E-state index contributed by atoms with van der Waals surface area (Å²) in [4.78, 5) is 0. The van der Waals surface area contributed by atoms with Gasteiger partial charge in [-0.1, -0.05) is 25.2 Å². The molecule has 0 aromatic carbocycles. The first-order valence-corrected chi connectivity index (χ1v) is 5.35. The van der Waals surface area contributed by atoms with Crippen LogP contribution in [0.15, 0.2) is 46.9 Å². The predicted octanol–water partition coefficient (Wildman–Crippen LogP) is 2.66. The molecule has 1 atom stereocenters. The van der Waals surface area contributed by atoms with Gasteiger partial charge in [0.2, 0.25) is 0 Å². The number of ether oxygens (including phenoxy) is 1. The Bertz CT molecular complexity index is 385. The molecule has 0 saturated carbocycles. The van der Waals surface area contributed by atoms with Crippen LogP contribution in [-0.4, -0.2) is 6.61 Å². The number of hydrogen-bond donors (Lipinski definition) is 1. The summed E-state index contributed by atoms with van der Waals surface area (Å²) in [6.45, 7) is 4.80. The van der Waals surface area contributed by atoms with Crippen molar-refractivity contribution in [3.05, 3.63) is 46.9 Å². The monoisotopic (exact) mass is 203 g/mol. The van der Waals surface area contributed by atoms with Gasteiger partial charge in [0, 0.05) is 5.70 Å². The van der Waals surface area contributed by atoms with Crippen LogP contribution in [0.3, 0.4) is 0 Å². The zero-order chi connectivity index (χ0) is 10.8. The molecule has 0 aromatic rings. The summed E-state index contributed by atoms with van der Waals surface area (Å²) in [7, 11) is 0. The van der Waals surface area contributed by atoms with Crippen molar-refractivity contribution in [2.75, 3.05) is 6.61 Å². The van der Waals surface area contributed by atoms with Crippen molar-refractivity contribution in [1.82, 2.24) is 0 Å². The Morgan fingerprint density at radius 3 is 2.87 bits per heavy atom. The molecule has 2 rings (SSSR count). The second-order valence-corrected chi connectivity index (χ2v) is 4.21. The summed E-state index contributed by atoms with van der Waals surface area (Å²) in [6, 6.07) is 0. The van der Waals surface area contributed by atoms with Gasteiger partial charge < -0.3 is 10.5 Å². The number of allylic oxidation sites excluding steroid dienone is 6. The lowest BCUT2D eigenvalue weighted by atomic mass is 9.91. The second kappa shape index (κ2) is 3.97. The molecule has 0 amide bonds. The normalized spacial score (nSPS) is 25.9. The molecular formula is C13H17NO. The molecule has 1 aliphatic carbocycles. The summed E-state index contributed by atoms with van der Waals surface area (Å²) in [5.41, 5.74) is 9.20. The topological polar surface area (TPSA) is 35.2 Å². The van der Waals surface area contributed by atoms with Gasteiger partial charge >= 0.3 is 0 Å². The minimum atomic E-state index is 0.570. The van der Waals surface area contributed by atoms with E-state index in [2.05, 4.69) is 25.2 Å². The van der Waals surface area contributed by atoms with Crippen molar-refractivity contribution in [2.24, 2.45) is 11.7 Å². The highest BCUT2D eigenvalue weighted by atomic mass is 16.5. The maximum atomic E-state index is 5.98. The van der Waals surface area contributed by atoms with E-state index in [4.69, 9.17) is 10.5 Å². The van der Waals surface area contributed by atoms with Crippen molar-refractivity contribution in [2.45, 2.75) is 20.3 Å². The lowest BCUT2D eigenvalue weighted by Crippen LogP contribution is -2.14. The minimum Gasteiger partial charge on any atom is -0.494 e. The summed E-state index contributed by atoms with van der Waals surface area (Å²) in [5.74, 6) is 1.53. The number of hydrogen-bond acceptors (Lipinski definition) is 2. The largest absolute Gasteiger partial charge is 0.494 e. The third kappa shape index (κ3) is 2.14. The molecular weight excluding hydrogens is 186 g/mol. The van der Waals surface area contributed by atoms with E-state index in [1.54, 1.807) is 0 Å². The third-order valence-corrected chi connectivity index (χ3v) is 2.79. The summed E-state index contributed by atoms with van der Waals surface area (Å²) in [5, 5.41) is 0. The molecule has 0 saturated heterocycles. The molecule has 0 fully saturated rings. The van der Waals surface area contributed by atoms with Gasteiger partial charge in [-0.3, -0.25) is 0 Å². The van der Waals surface area contributed by atoms with Crippen LogP contribution >= 0.6 is 0 Å². The second-order valence-electron chi connectivity index (χ2n) is 4.21. The average molecular weight is 203 g/mol. The van der Waals surface area contributed by atoms with Crippen LogP contribution in [0.4, 0.5) is 0 Å². The Hall–Kier alpha value is -1.44. The quantitative estimate of drug-likeness (QED) is 0.711. The average Bonchev–Trinajstić information content (AvgIpc) is 2.23. The highest BCUT2D eigenvalue weighted by Gasteiger charge is 2.15. The predicted molar refractivity (Wildman–Crippen MR) is 61.9 cm³/mol. The van der Waals surface area contributed by atoms with Gasteiger partial charge in [0.25, 0.3) is 0 Å². The first kappa shape index (κ1) is 10.1. The molecule has 80 valence electrons. The summed E-state index contributed by atoms with van der Waals surface area (Å²) < 4.78 is 5.50. The highest BCUT2D eigenvalue weighted by Crippen LogP contribution is 2.27. The van der Waals surface area contributed by atoms with Gasteiger partial charge in [-0.15, -0.1) is 0 Å². The summed E-state index contributed by atoms with van der Waals surface area (Å²) >= 11 is 0. The van der Waals surface area contributed by atoms with E-state index < -0.39 is 0 Å². The van der Waals surface area contributed by atoms with Gasteiger partial charge in [0.15, 0.2) is 0 Å². The Balaban J connectivity index is 2.27. The van der Waals surface area contributed by atoms with Crippen LogP contribution in [-0.2, 0) is 4.74 Å². The van der Waals surface area contributed by atoms with Gasteiger partial charge in [-0.2, -0.15) is 0 Å². The van der Waals surface area contributed by atoms with E-state index in [9.17, 15) is 0 Å². The maximum absolute atomic E-state index is 5.98. The Labute approximate surface area is 90.8 Å². The first-order chi connectivity index (χ1) is 7.16. The van der Waals surface area contributed by atoms with E-state index in [1.807, 2.05) is 13.0 Å². The van der Waals surface area contributed by atoms with E-state index >= 15 is 0 Å².